The number of amides is 1. The van der Waals surface area contributed by atoms with E-state index in [4.69, 9.17) is 17.3 Å². The lowest BCUT2D eigenvalue weighted by Crippen LogP contribution is -2.40. The highest BCUT2D eigenvalue weighted by molar-refractivity contribution is 6.33. The first kappa shape index (κ1) is 15.7. The van der Waals surface area contributed by atoms with Gasteiger partial charge in [-0.25, -0.2) is 0 Å². The third-order valence-corrected chi connectivity index (χ3v) is 4.10. The summed E-state index contributed by atoms with van der Waals surface area (Å²) in [6, 6.07) is 3.94. The largest absolute Gasteiger partial charge is 0.338 e. The van der Waals surface area contributed by atoms with E-state index in [-0.39, 0.29) is 22.2 Å². The van der Waals surface area contributed by atoms with E-state index in [1.807, 2.05) is 0 Å². The molecule has 21 heavy (non-hydrogen) atoms. The molecule has 0 saturated carbocycles. The summed E-state index contributed by atoms with van der Waals surface area (Å²) in [5, 5.41) is 11.1. The van der Waals surface area contributed by atoms with Gasteiger partial charge in [0.05, 0.1) is 15.5 Å². The summed E-state index contributed by atoms with van der Waals surface area (Å²) in [5.74, 6) is 0.149. The normalized spacial score (nSPS) is 18.6. The van der Waals surface area contributed by atoms with Crippen molar-refractivity contribution < 1.29 is 9.72 Å². The summed E-state index contributed by atoms with van der Waals surface area (Å²) in [7, 11) is 0. The van der Waals surface area contributed by atoms with Crippen molar-refractivity contribution in [3.8, 4) is 0 Å². The van der Waals surface area contributed by atoms with Crippen molar-refractivity contribution in [2.24, 2.45) is 11.7 Å². The highest BCUT2D eigenvalue weighted by Gasteiger charge is 2.26. The summed E-state index contributed by atoms with van der Waals surface area (Å²) in [6.45, 7) is 1.89. The summed E-state index contributed by atoms with van der Waals surface area (Å²) < 4.78 is 0. The zero-order valence-electron chi connectivity index (χ0n) is 11.6. The van der Waals surface area contributed by atoms with E-state index in [2.05, 4.69) is 0 Å². The monoisotopic (exact) mass is 311 g/mol. The molecule has 1 heterocycles. The van der Waals surface area contributed by atoms with E-state index in [0.717, 1.165) is 19.3 Å². The Balaban J connectivity index is 2.19. The molecule has 1 unspecified atom stereocenters. The molecule has 1 aromatic carbocycles. The second-order valence-electron chi connectivity index (χ2n) is 5.26. The fourth-order valence-electron chi connectivity index (χ4n) is 2.68. The van der Waals surface area contributed by atoms with Gasteiger partial charge in [-0.2, -0.15) is 0 Å². The summed E-state index contributed by atoms with van der Waals surface area (Å²) in [6.07, 6.45) is 2.86. The number of nitro groups is 1. The molecule has 0 aliphatic carbocycles. The smallest absolute Gasteiger partial charge is 0.270 e. The number of rotatable bonds is 4. The molecule has 0 bridgehead atoms. The highest BCUT2D eigenvalue weighted by atomic mass is 35.5. The number of halogens is 1. The fraction of sp³-hybridized carbons (Fsp3) is 0.500. The molecule has 1 aromatic rings. The number of nitrogens with zero attached hydrogens (tertiary/aromatic N) is 2. The first-order valence-electron chi connectivity index (χ1n) is 6.96. The maximum absolute atomic E-state index is 12.5. The van der Waals surface area contributed by atoms with Crippen molar-refractivity contribution in [1.29, 1.82) is 0 Å². The van der Waals surface area contributed by atoms with Crippen LogP contribution in [0.3, 0.4) is 0 Å². The van der Waals surface area contributed by atoms with Crippen molar-refractivity contribution in [3.63, 3.8) is 0 Å². The van der Waals surface area contributed by atoms with E-state index in [1.165, 1.54) is 18.2 Å². The van der Waals surface area contributed by atoms with Crippen LogP contribution in [0.4, 0.5) is 5.69 Å². The van der Waals surface area contributed by atoms with Gasteiger partial charge in [-0.15, -0.1) is 0 Å². The van der Waals surface area contributed by atoms with E-state index >= 15 is 0 Å². The van der Waals surface area contributed by atoms with Gasteiger partial charge in [-0.1, -0.05) is 11.6 Å². The number of benzene rings is 1. The molecular weight excluding hydrogens is 294 g/mol. The molecule has 0 spiro atoms. The van der Waals surface area contributed by atoms with Crippen molar-refractivity contribution in [3.05, 3.63) is 38.9 Å². The lowest BCUT2D eigenvalue weighted by atomic mass is 9.94. The van der Waals surface area contributed by atoms with Crippen molar-refractivity contribution in [2.45, 2.75) is 19.3 Å². The maximum atomic E-state index is 12.5. The van der Waals surface area contributed by atoms with Gasteiger partial charge in [0.15, 0.2) is 0 Å². The van der Waals surface area contributed by atoms with Crippen LogP contribution in [0.25, 0.3) is 0 Å². The van der Waals surface area contributed by atoms with Gasteiger partial charge in [0.25, 0.3) is 11.6 Å². The molecule has 1 amide bonds. The Hall–Kier alpha value is -1.66. The molecule has 2 rings (SSSR count). The number of non-ortho nitro benzene ring substituents is 1. The molecule has 0 radical (unpaired) electrons. The molecule has 1 fully saturated rings. The quantitative estimate of drug-likeness (QED) is 0.683. The van der Waals surface area contributed by atoms with Crippen molar-refractivity contribution >= 4 is 23.2 Å². The number of carbonyl (C=O) groups is 1. The lowest BCUT2D eigenvalue weighted by molar-refractivity contribution is -0.384. The van der Waals surface area contributed by atoms with Crippen LogP contribution < -0.4 is 5.73 Å². The predicted molar refractivity (Wildman–Crippen MR) is 80.4 cm³/mol. The number of nitro benzene ring substituents is 1. The predicted octanol–water partition coefficient (Wildman–Crippen LogP) is 2.45. The van der Waals surface area contributed by atoms with Crippen molar-refractivity contribution in [1.82, 2.24) is 4.90 Å². The van der Waals surface area contributed by atoms with Gasteiger partial charge in [0.1, 0.15) is 0 Å². The minimum absolute atomic E-state index is 0.127. The molecule has 7 heteroatoms. The Morgan fingerprint density at radius 3 is 2.95 bits per heavy atom. The van der Waals surface area contributed by atoms with Crippen LogP contribution in [-0.4, -0.2) is 35.4 Å². The second kappa shape index (κ2) is 6.87. The second-order valence-corrected chi connectivity index (χ2v) is 5.67. The Labute approximate surface area is 128 Å². The first-order valence-corrected chi connectivity index (χ1v) is 7.34. The van der Waals surface area contributed by atoms with E-state index in [0.29, 0.717) is 25.6 Å². The van der Waals surface area contributed by atoms with Crippen LogP contribution in [0, 0.1) is 16.0 Å². The molecule has 1 atom stereocenters. The molecule has 114 valence electrons. The van der Waals surface area contributed by atoms with Crippen LogP contribution in [-0.2, 0) is 0 Å². The molecule has 0 aromatic heterocycles. The molecule has 1 aliphatic heterocycles. The third kappa shape index (κ3) is 3.71. The van der Waals surface area contributed by atoms with E-state index in [9.17, 15) is 14.9 Å². The first-order chi connectivity index (χ1) is 10.0. The molecule has 2 N–H and O–H groups in total. The molecule has 1 aliphatic rings. The van der Waals surface area contributed by atoms with Gasteiger partial charge >= 0.3 is 0 Å². The van der Waals surface area contributed by atoms with Crippen LogP contribution in [0.2, 0.25) is 5.02 Å². The number of likely N-dealkylation sites (tertiary alicyclic amines) is 1. The number of hydrogen-bond donors (Lipinski definition) is 1. The zero-order chi connectivity index (χ0) is 15.4. The number of piperidine rings is 1. The Kier molecular flexibility index (Phi) is 5.14. The standard InChI is InChI=1S/C14H18ClN3O3/c15-13-4-3-11(18(20)21)8-12(13)14(19)17-7-1-2-10(9-17)5-6-16/h3-4,8,10H,1-2,5-7,9,16H2. The van der Waals surface area contributed by atoms with E-state index in [1.54, 1.807) is 4.90 Å². The van der Waals surface area contributed by atoms with Gasteiger partial charge in [-0.05, 0) is 37.8 Å². The van der Waals surface area contributed by atoms with Gasteiger partial charge < -0.3 is 10.6 Å². The lowest BCUT2D eigenvalue weighted by Gasteiger charge is -2.32. The Morgan fingerprint density at radius 2 is 2.29 bits per heavy atom. The van der Waals surface area contributed by atoms with Crippen LogP contribution >= 0.6 is 11.6 Å². The van der Waals surface area contributed by atoms with Crippen LogP contribution in [0.5, 0.6) is 0 Å². The maximum Gasteiger partial charge on any atom is 0.270 e. The van der Waals surface area contributed by atoms with Gasteiger partial charge in [0.2, 0.25) is 0 Å². The number of nitrogens with two attached hydrogens (primary N) is 1. The van der Waals surface area contributed by atoms with Crippen molar-refractivity contribution in [2.75, 3.05) is 19.6 Å². The Bertz CT molecular complexity index is 548. The summed E-state index contributed by atoms with van der Waals surface area (Å²) >= 11 is 6.02. The number of carbonyl (C=O) groups excluding carboxylic acids is 1. The van der Waals surface area contributed by atoms with Crippen LogP contribution in [0.15, 0.2) is 18.2 Å². The number of hydrogen-bond acceptors (Lipinski definition) is 4. The average Bonchev–Trinajstić information content (AvgIpc) is 2.47. The minimum Gasteiger partial charge on any atom is -0.338 e. The zero-order valence-corrected chi connectivity index (χ0v) is 12.4. The summed E-state index contributed by atoms with van der Waals surface area (Å²) in [5.41, 5.74) is 5.64. The fourth-order valence-corrected chi connectivity index (χ4v) is 2.88. The van der Waals surface area contributed by atoms with E-state index < -0.39 is 4.92 Å². The van der Waals surface area contributed by atoms with Gasteiger partial charge in [0, 0.05) is 25.2 Å². The minimum atomic E-state index is -0.527. The highest BCUT2D eigenvalue weighted by Crippen LogP contribution is 2.26. The molecular formula is C14H18ClN3O3. The third-order valence-electron chi connectivity index (χ3n) is 3.77. The molecule has 6 nitrogen and oxygen atoms in total. The SMILES string of the molecule is NCCC1CCCN(C(=O)c2cc([N+](=O)[O-])ccc2Cl)C1. The van der Waals surface area contributed by atoms with Crippen LogP contribution in [0.1, 0.15) is 29.6 Å². The average molecular weight is 312 g/mol. The molecule has 1 saturated heterocycles. The Morgan fingerprint density at radius 1 is 1.52 bits per heavy atom. The van der Waals surface area contributed by atoms with Gasteiger partial charge in [-0.3, -0.25) is 14.9 Å². The summed E-state index contributed by atoms with van der Waals surface area (Å²) in [4.78, 5) is 24.5. The topological polar surface area (TPSA) is 89.5 Å².